The summed E-state index contributed by atoms with van der Waals surface area (Å²) in [4.78, 5) is 10.2. The summed E-state index contributed by atoms with van der Waals surface area (Å²) >= 11 is 0. The quantitative estimate of drug-likeness (QED) is 0.433. The normalized spacial score (nSPS) is 8.95. The van der Waals surface area contributed by atoms with Crippen LogP contribution in [0, 0.1) is 5.82 Å². The maximum atomic E-state index is 12.5. The lowest BCUT2D eigenvalue weighted by molar-refractivity contribution is -0.141. The minimum atomic E-state index is -0.215. The molecule has 0 N–H and O–H groups in total. The van der Waals surface area contributed by atoms with E-state index in [0.29, 0.717) is 12.2 Å². The van der Waals surface area contributed by atoms with Gasteiger partial charge in [-0.05, 0) is 25.3 Å². The average molecular weight is 264 g/mol. The van der Waals surface area contributed by atoms with Crippen LogP contribution in [0.5, 0.6) is 0 Å². The van der Waals surface area contributed by atoms with E-state index in [9.17, 15) is 9.18 Å². The van der Waals surface area contributed by atoms with Gasteiger partial charge in [-0.25, -0.2) is 4.39 Å². The highest BCUT2D eigenvalue weighted by atomic mass is 19.1. The smallest absolute Gasteiger partial charge is 0.302 e. The van der Waals surface area contributed by atoms with Crippen LogP contribution in [-0.2, 0) is 9.53 Å². The summed E-state index contributed by atoms with van der Waals surface area (Å²) in [6.07, 6.45) is 6.35. The van der Waals surface area contributed by atoms with E-state index >= 15 is 0 Å². The van der Waals surface area contributed by atoms with E-state index < -0.39 is 0 Å². The van der Waals surface area contributed by atoms with Crippen molar-refractivity contribution in [1.82, 2.24) is 0 Å². The summed E-state index contributed by atoms with van der Waals surface area (Å²) in [7, 11) is 0. The molecule has 0 aliphatic rings. The zero-order chi connectivity index (χ0) is 14.5. The van der Waals surface area contributed by atoms with Crippen molar-refractivity contribution in [1.29, 1.82) is 0 Å². The number of carbonyl (C=O) groups excluding carboxylic acids is 1. The summed E-state index contributed by atoms with van der Waals surface area (Å²) in [5.41, 5.74) is 0.553. The molecule has 0 radical (unpaired) electrons. The van der Waals surface area contributed by atoms with E-state index in [1.54, 1.807) is 18.2 Å². The first-order valence-electron chi connectivity index (χ1n) is 6.23. The van der Waals surface area contributed by atoms with Crippen molar-refractivity contribution in [3.8, 4) is 0 Å². The molecule has 0 aliphatic carbocycles. The van der Waals surface area contributed by atoms with Crippen LogP contribution in [0.2, 0.25) is 0 Å². The molecule has 0 atom stereocenters. The van der Waals surface area contributed by atoms with Crippen molar-refractivity contribution in [2.24, 2.45) is 0 Å². The number of hydrogen-bond acceptors (Lipinski definition) is 2. The zero-order valence-corrected chi connectivity index (χ0v) is 11.4. The number of unbranched alkanes of at least 4 members (excludes halogenated alkanes) is 2. The Hall–Kier alpha value is -1.90. The monoisotopic (exact) mass is 264 g/mol. The third-order valence-corrected chi connectivity index (χ3v) is 2.23. The maximum absolute atomic E-state index is 12.5. The van der Waals surface area contributed by atoms with Gasteiger partial charge in [0.25, 0.3) is 0 Å². The molecule has 104 valence electrons. The van der Waals surface area contributed by atoms with Gasteiger partial charge in [-0.3, -0.25) is 4.79 Å². The third-order valence-electron chi connectivity index (χ3n) is 2.23. The molecule has 0 aromatic heterocycles. The maximum Gasteiger partial charge on any atom is 0.302 e. The molecule has 0 amide bonds. The van der Waals surface area contributed by atoms with Crippen LogP contribution >= 0.6 is 0 Å². The molecule has 1 aromatic carbocycles. The van der Waals surface area contributed by atoms with Crippen molar-refractivity contribution >= 4 is 12.0 Å². The number of benzene rings is 1. The molecule has 0 unspecified atom stereocenters. The number of halogens is 1. The van der Waals surface area contributed by atoms with E-state index in [1.807, 2.05) is 6.08 Å². The van der Waals surface area contributed by atoms with Crippen LogP contribution in [-0.4, -0.2) is 12.6 Å². The van der Waals surface area contributed by atoms with Gasteiger partial charge in [0.2, 0.25) is 0 Å². The van der Waals surface area contributed by atoms with Gasteiger partial charge in [0, 0.05) is 12.5 Å². The predicted octanol–water partition coefficient (Wildman–Crippen LogP) is 4.37. The fourth-order valence-corrected chi connectivity index (χ4v) is 1.25. The Kier molecular flexibility index (Phi) is 10.1. The summed E-state index contributed by atoms with van der Waals surface area (Å²) in [6, 6.07) is 6.53. The number of carbonyl (C=O) groups is 1. The molecule has 0 bridgehead atoms. The second-order valence-corrected chi connectivity index (χ2v) is 3.85. The number of esters is 1. The van der Waals surface area contributed by atoms with Crippen molar-refractivity contribution in [3.63, 3.8) is 0 Å². The first-order chi connectivity index (χ1) is 9.11. The molecule has 0 saturated carbocycles. The van der Waals surface area contributed by atoms with Gasteiger partial charge < -0.3 is 4.74 Å². The molecular formula is C16H21FO2. The molecule has 0 spiro atoms. The molecule has 0 saturated heterocycles. The Bertz CT molecular complexity index is 399. The number of allylic oxidation sites excluding steroid dienone is 1. The van der Waals surface area contributed by atoms with Crippen LogP contribution in [0.25, 0.3) is 6.08 Å². The van der Waals surface area contributed by atoms with Gasteiger partial charge in [-0.15, -0.1) is 6.58 Å². The Morgan fingerprint density at radius 2 is 2.00 bits per heavy atom. The highest BCUT2D eigenvalue weighted by molar-refractivity contribution is 5.65. The number of rotatable bonds is 6. The second-order valence-electron chi connectivity index (χ2n) is 3.85. The van der Waals surface area contributed by atoms with Crippen LogP contribution in [0.3, 0.4) is 0 Å². The van der Waals surface area contributed by atoms with Crippen molar-refractivity contribution < 1.29 is 13.9 Å². The van der Waals surface area contributed by atoms with Gasteiger partial charge in [-0.2, -0.15) is 0 Å². The van der Waals surface area contributed by atoms with Crippen LogP contribution in [0.4, 0.5) is 4.39 Å². The third kappa shape index (κ3) is 9.77. The van der Waals surface area contributed by atoms with Gasteiger partial charge >= 0.3 is 5.97 Å². The molecule has 0 aliphatic heterocycles. The van der Waals surface area contributed by atoms with E-state index in [1.165, 1.54) is 19.1 Å². The molecule has 3 heteroatoms. The molecule has 0 heterocycles. The SMILES string of the molecule is C=CCCCCOC(C)=O.C=Cc1ccccc1F. The van der Waals surface area contributed by atoms with Crippen LogP contribution < -0.4 is 0 Å². The lowest BCUT2D eigenvalue weighted by atomic mass is 10.2. The molecule has 1 aromatic rings. The molecule has 0 fully saturated rings. The second kappa shape index (κ2) is 11.2. The lowest BCUT2D eigenvalue weighted by Crippen LogP contribution is -1.99. The van der Waals surface area contributed by atoms with E-state index in [4.69, 9.17) is 4.74 Å². The highest BCUT2D eigenvalue weighted by Crippen LogP contribution is 2.05. The summed E-state index contributed by atoms with van der Waals surface area (Å²) in [5, 5.41) is 0. The van der Waals surface area contributed by atoms with E-state index in [2.05, 4.69) is 13.2 Å². The molecule has 19 heavy (non-hydrogen) atoms. The standard InChI is InChI=1S/C8H7F.C8H14O2/c1-2-7-5-3-4-6-8(7)9;1-3-4-5-6-7-10-8(2)9/h2-6H,1H2;3H,1,4-7H2,2H3. The topological polar surface area (TPSA) is 26.3 Å². The minimum Gasteiger partial charge on any atom is -0.466 e. The van der Waals surface area contributed by atoms with Gasteiger partial charge in [0.15, 0.2) is 0 Å². The zero-order valence-electron chi connectivity index (χ0n) is 11.4. The predicted molar refractivity (Wildman–Crippen MR) is 77.2 cm³/mol. The molecule has 2 nitrogen and oxygen atoms in total. The van der Waals surface area contributed by atoms with Gasteiger partial charge in [0.05, 0.1) is 6.61 Å². The van der Waals surface area contributed by atoms with Crippen molar-refractivity contribution in [2.75, 3.05) is 6.61 Å². The Morgan fingerprint density at radius 3 is 2.47 bits per heavy atom. The van der Waals surface area contributed by atoms with Gasteiger partial charge in [0.1, 0.15) is 5.82 Å². The fourth-order valence-electron chi connectivity index (χ4n) is 1.25. The number of hydrogen-bond donors (Lipinski definition) is 0. The summed E-state index contributed by atoms with van der Waals surface area (Å²) < 4.78 is 17.2. The Labute approximate surface area is 114 Å². The van der Waals surface area contributed by atoms with Crippen LogP contribution in [0.1, 0.15) is 31.7 Å². The molecule has 1 rings (SSSR count). The van der Waals surface area contributed by atoms with Gasteiger partial charge in [-0.1, -0.05) is 36.9 Å². The minimum absolute atomic E-state index is 0.196. The number of ether oxygens (including phenoxy) is 1. The first-order valence-corrected chi connectivity index (χ1v) is 6.23. The summed E-state index contributed by atoms with van der Waals surface area (Å²) in [5.74, 6) is -0.411. The van der Waals surface area contributed by atoms with Crippen molar-refractivity contribution in [3.05, 3.63) is 54.9 Å². The van der Waals surface area contributed by atoms with Crippen molar-refractivity contribution in [2.45, 2.75) is 26.2 Å². The van der Waals surface area contributed by atoms with E-state index in [0.717, 1.165) is 19.3 Å². The Morgan fingerprint density at radius 1 is 1.32 bits per heavy atom. The molecular weight excluding hydrogens is 243 g/mol. The largest absolute Gasteiger partial charge is 0.466 e. The van der Waals surface area contributed by atoms with E-state index in [-0.39, 0.29) is 11.8 Å². The Balaban J connectivity index is 0.000000342. The summed E-state index contributed by atoms with van der Waals surface area (Å²) in [6.45, 7) is 9.01. The first kappa shape index (κ1) is 17.1. The van der Waals surface area contributed by atoms with Crippen LogP contribution in [0.15, 0.2) is 43.5 Å². The lowest BCUT2D eigenvalue weighted by Gasteiger charge is -1.98. The fraction of sp³-hybridized carbons (Fsp3) is 0.312. The average Bonchev–Trinajstić information content (AvgIpc) is 2.39. The highest BCUT2D eigenvalue weighted by Gasteiger charge is 1.91.